The van der Waals surface area contributed by atoms with Crippen molar-refractivity contribution >= 4 is 11.9 Å². The highest BCUT2D eigenvalue weighted by Gasteiger charge is 2.43. The van der Waals surface area contributed by atoms with Crippen LogP contribution < -0.4 is 9.47 Å². The summed E-state index contributed by atoms with van der Waals surface area (Å²) in [5, 5.41) is 0. The lowest BCUT2D eigenvalue weighted by molar-refractivity contribution is -0.148. The number of carbonyl (C=O) groups is 2. The zero-order chi connectivity index (χ0) is 26.2. The summed E-state index contributed by atoms with van der Waals surface area (Å²) < 4.78 is 17.8. The number of carbonyl (C=O) groups excluding carboxylic acids is 2. The van der Waals surface area contributed by atoms with Crippen LogP contribution in [0.5, 0.6) is 11.5 Å². The first-order valence-electron chi connectivity index (χ1n) is 12.5. The van der Waals surface area contributed by atoms with Crippen LogP contribution in [0.1, 0.15) is 103 Å². The fraction of sp³-hybridized carbons (Fsp3) is 0.533. The third kappa shape index (κ3) is 5.71. The maximum atomic E-state index is 13.2. The summed E-state index contributed by atoms with van der Waals surface area (Å²) in [6, 6.07) is 13.5. The Bertz CT molecular complexity index is 1090. The Hall–Kier alpha value is -2.82. The predicted molar refractivity (Wildman–Crippen MR) is 138 cm³/mol. The van der Waals surface area contributed by atoms with Crippen molar-refractivity contribution in [1.29, 1.82) is 0 Å². The summed E-state index contributed by atoms with van der Waals surface area (Å²) in [5.74, 6) is 0.233. The van der Waals surface area contributed by atoms with Crippen molar-refractivity contribution < 1.29 is 23.8 Å². The van der Waals surface area contributed by atoms with Gasteiger partial charge in [-0.3, -0.25) is 4.79 Å². The number of hydrogen-bond donors (Lipinski definition) is 0. The standard InChI is InChI=1S/C30H40O5/c1-10-27(3,4)34-22-15-12-20(13-16-22)29(7,8)21-14-17-24-23(18-21)25(31)35-28(5,6)19-30(9,11-2)26(32)33-24/h12-18H,10-11,19H2,1-9H3. The van der Waals surface area contributed by atoms with Gasteiger partial charge in [-0.2, -0.15) is 0 Å². The highest BCUT2D eigenvalue weighted by Crippen LogP contribution is 2.40. The molecular formula is C30H40O5. The number of ether oxygens (including phenoxy) is 3. The first kappa shape index (κ1) is 26.8. The summed E-state index contributed by atoms with van der Waals surface area (Å²) in [6.07, 6.45) is 1.88. The molecule has 1 atom stereocenters. The molecule has 3 rings (SSSR count). The van der Waals surface area contributed by atoms with Gasteiger partial charge in [-0.1, -0.05) is 45.9 Å². The Morgan fingerprint density at radius 2 is 1.51 bits per heavy atom. The Labute approximate surface area is 210 Å². The second-order valence-electron chi connectivity index (χ2n) is 11.7. The molecule has 0 saturated heterocycles. The van der Waals surface area contributed by atoms with E-state index in [-0.39, 0.29) is 22.9 Å². The van der Waals surface area contributed by atoms with Crippen molar-refractivity contribution in [3.63, 3.8) is 0 Å². The molecule has 2 aromatic carbocycles. The minimum absolute atomic E-state index is 0.231. The van der Waals surface area contributed by atoms with Crippen LogP contribution >= 0.6 is 0 Å². The number of cyclic esters (lactones) is 1. The molecule has 1 aliphatic rings. The highest BCUT2D eigenvalue weighted by atomic mass is 16.6. The van der Waals surface area contributed by atoms with E-state index >= 15 is 0 Å². The molecule has 2 aromatic rings. The van der Waals surface area contributed by atoms with E-state index in [0.29, 0.717) is 12.8 Å². The molecule has 0 aliphatic carbocycles. The van der Waals surface area contributed by atoms with Crippen molar-refractivity contribution in [3.8, 4) is 11.5 Å². The largest absolute Gasteiger partial charge is 0.488 e. The van der Waals surface area contributed by atoms with Gasteiger partial charge < -0.3 is 14.2 Å². The Morgan fingerprint density at radius 3 is 2.09 bits per heavy atom. The summed E-state index contributed by atoms with van der Waals surface area (Å²) in [6.45, 7) is 17.9. The molecule has 1 unspecified atom stereocenters. The minimum atomic E-state index is -0.809. The van der Waals surface area contributed by atoms with Crippen molar-refractivity contribution in [2.45, 2.75) is 98.2 Å². The monoisotopic (exact) mass is 480 g/mol. The third-order valence-corrected chi connectivity index (χ3v) is 7.40. The lowest BCUT2D eigenvalue weighted by atomic mass is 9.77. The highest BCUT2D eigenvalue weighted by molar-refractivity contribution is 5.95. The lowest BCUT2D eigenvalue weighted by Crippen LogP contribution is -2.39. The van der Waals surface area contributed by atoms with E-state index in [9.17, 15) is 9.59 Å². The molecule has 0 radical (unpaired) electrons. The number of hydrogen-bond acceptors (Lipinski definition) is 5. The van der Waals surface area contributed by atoms with Crippen LogP contribution in [-0.2, 0) is 14.9 Å². The van der Waals surface area contributed by atoms with Gasteiger partial charge in [0.1, 0.15) is 28.3 Å². The first-order chi connectivity index (χ1) is 16.1. The smallest absolute Gasteiger partial charge is 0.342 e. The molecular weight excluding hydrogens is 440 g/mol. The maximum Gasteiger partial charge on any atom is 0.342 e. The van der Waals surface area contributed by atoms with Crippen LogP contribution in [0.15, 0.2) is 42.5 Å². The van der Waals surface area contributed by atoms with Gasteiger partial charge in [0.25, 0.3) is 0 Å². The van der Waals surface area contributed by atoms with Gasteiger partial charge in [0.15, 0.2) is 0 Å². The molecule has 5 heteroatoms. The van der Waals surface area contributed by atoms with Crippen molar-refractivity contribution in [2.24, 2.45) is 5.41 Å². The fourth-order valence-electron chi connectivity index (χ4n) is 4.51. The summed E-state index contributed by atoms with van der Waals surface area (Å²) in [4.78, 5) is 26.3. The van der Waals surface area contributed by atoms with E-state index in [1.165, 1.54) is 0 Å². The van der Waals surface area contributed by atoms with E-state index in [4.69, 9.17) is 14.2 Å². The average molecular weight is 481 g/mol. The number of fused-ring (bicyclic) bond motifs is 1. The molecule has 0 saturated carbocycles. The van der Waals surface area contributed by atoms with Gasteiger partial charge >= 0.3 is 11.9 Å². The zero-order valence-corrected chi connectivity index (χ0v) is 22.7. The SMILES string of the molecule is CCC(C)(C)Oc1ccc(C(C)(C)c2ccc3c(c2)C(=O)OC(C)(C)CC(C)(CC)C(=O)O3)cc1. The van der Waals surface area contributed by atoms with Crippen LogP contribution in [-0.4, -0.2) is 23.1 Å². The molecule has 0 fully saturated rings. The molecule has 0 spiro atoms. The number of benzene rings is 2. The number of esters is 2. The predicted octanol–water partition coefficient (Wildman–Crippen LogP) is 7.24. The van der Waals surface area contributed by atoms with Crippen LogP contribution in [0.2, 0.25) is 0 Å². The Kier molecular flexibility index (Phi) is 7.14. The van der Waals surface area contributed by atoms with E-state index in [1.54, 1.807) is 12.1 Å². The fourth-order valence-corrected chi connectivity index (χ4v) is 4.51. The molecule has 0 bridgehead atoms. The minimum Gasteiger partial charge on any atom is -0.488 e. The van der Waals surface area contributed by atoms with Crippen LogP contribution in [0.4, 0.5) is 0 Å². The summed E-state index contributed by atoms with van der Waals surface area (Å²) in [5.41, 5.74) is 0.0559. The maximum absolute atomic E-state index is 13.2. The van der Waals surface area contributed by atoms with Crippen molar-refractivity contribution in [1.82, 2.24) is 0 Å². The van der Waals surface area contributed by atoms with Gasteiger partial charge in [0.2, 0.25) is 0 Å². The van der Waals surface area contributed by atoms with E-state index in [0.717, 1.165) is 23.3 Å². The van der Waals surface area contributed by atoms with E-state index < -0.39 is 22.4 Å². The van der Waals surface area contributed by atoms with Gasteiger partial charge in [0, 0.05) is 11.8 Å². The lowest BCUT2D eigenvalue weighted by Gasteiger charge is -2.33. The van der Waals surface area contributed by atoms with Gasteiger partial charge in [0.05, 0.1) is 5.41 Å². The molecule has 0 N–H and O–H groups in total. The summed E-state index contributed by atoms with van der Waals surface area (Å²) in [7, 11) is 0. The molecule has 5 nitrogen and oxygen atoms in total. The van der Waals surface area contributed by atoms with E-state index in [1.807, 2.05) is 45.9 Å². The topological polar surface area (TPSA) is 61.8 Å². The second kappa shape index (κ2) is 9.33. The molecule has 35 heavy (non-hydrogen) atoms. The number of rotatable bonds is 6. The van der Waals surface area contributed by atoms with Gasteiger partial charge in [-0.15, -0.1) is 0 Å². The molecule has 0 amide bonds. The third-order valence-electron chi connectivity index (χ3n) is 7.40. The van der Waals surface area contributed by atoms with Crippen LogP contribution in [0, 0.1) is 5.41 Å². The normalized spacial score (nSPS) is 20.6. The quantitative estimate of drug-likeness (QED) is 0.322. The van der Waals surface area contributed by atoms with Gasteiger partial charge in [-0.05, 0) is 82.9 Å². The zero-order valence-electron chi connectivity index (χ0n) is 22.7. The second-order valence-corrected chi connectivity index (χ2v) is 11.7. The first-order valence-corrected chi connectivity index (χ1v) is 12.5. The Balaban J connectivity index is 1.99. The molecule has 1 heterocycles. The van der Waals surface area contributed by atoms with Crippen LogP contribution in [0.25, 0.3) is 0 Å². The van der Waals surface area contributed by atoms with Crippen molar-refractivity contribution in [3.05, 3.63) is 59.2 Å². The summed E-state index contributed by atoms with van der Waals surface area (Å²) >= 11 is 0. The molecule has 0 aromatic heterocycles. The molecule has 190 valence electrons. The Morgan fingerprint density at radius 1 is 0.914 bits per heavy atom. The average Bonchev–Trinajstić information content (AvgIpc) is 2.80. The van der Waals surface area contributed by atoms with Crippen LogP contribution in [0.3, 0.4) is 0 Å². The van der Waals surface area contributed by atoms with Gasteiger partial charge in [-0.25, -0.2) is 4.79 Å². The molecule has 1 aliphatic heterocycles. The van der Waals surface area contributed by atoms with Crippen molar-refractivity contribution in [2.75, 3.05) is 0 Å². The van der Waals surface area contributed by atoms with E-state index in [2.05, 4.69) is 46.8 Å².